The Kier molecular flexibility index (Phi) is 10.8. The van der Waals surface area contributed by atoms with Gasteiger partial charge in [-0.15, -0.1) is 0 Å². The molecule has 4 heteroatoms. The number of hydrogen-bond donors (Lipinski definition) is 0. The van der Waals surface area contributed by atoms with Gasteiger partial charge in [-0.25, -0.2) is 0 Å². The van der Waals surface area contributed by atoms with Gasteiger partial charge in [0.05, 0.1) is 14.2 Å². The van der Waals surface area contributed by atoms with Gasteiger partial charge in [0, 0.05) is 18.7 Å². The van der Waals surface area contributed by atoms with Crippen molar-refractivity contribution in [3.8, 4) is 11.5 Å². The van der Waals surface area contributed by atoms with Crippen LogP contribution in [0.5, 0.6) is 11.5 Å². The van der Waals surface area contributed by atoms with Crippen molar-refractivity contribution in [1.29, 1.82) is 0 Å². The lowest BCUT2D eigenvalue weighted by Gasteiger charge is -2.23. The molecule has 0 atom stereocenters. The van der Waals surface area contributed by atoms with Gasteiger partial charge in [-0.3, -0.25) is 4.79 Å². The second kappa shape index (κ2) is 12.6. The van der Waals surface area contributed by atoms with E-state index in [-0.39, 0.29) is 5.91 Å². The normalized spacial score (nSPS) is 10.6. The molecule has 25 heavy (non-hydrogen) atoms. The maximum atomic E-state index is 13.0. The lowest BCUT2D eigenvalue weighted by Crippen LogP contribution is -2.33. The highest BCUT2D eigenvalue weighted by Crippen LogP contribution is 2.28. The third kappa shape index (κ3) is 7.37. The van der Waals surface area contributed by atoms with Crippen molar-refractivity contribution in [3.63, 3.8) is 0 Å². The Bertz CT molecular complexity index is 490. The van der Waals surface area contributed by atoms with E-state index < -0.39 is 0 Å². The van der Waals surface area contributed by atoms with E-state index in [1.54, 1.807) is 26.4 Å². The molecule has 0 saturated heterocycles. The van der Waals surface area contributed by atoms with Crippen LogP contribution in [-0.2, 0) is 0 Å². The van der Waals surface area contributed by atoms with Gasteiger partial charge < -0.3 is 14.4 Å². The number of carbonyl (C=O) groups excluding carboxylic acids is 1. The topological polar surface area (TPSA) is 38.8 Å². The molecule has 4 nitrogen and oxygen atoms in total. The minimum absolute atomic E-state index is 0.0916. The van der Waals surface area contributed by atoms with Crippen molar-refractivity contribution in [2.45, 2.75) is 65.2 Å². The molecule has 0 aliphatic heterocycles. The maximum Gasteiger partial charge on any atom is 0.253 e. The van der Waals surface area contributed by atoms with E-state index in [0.717, 1.165) is 25.9 Å². The number of carbonyl (C=O) groups is 1. The molecule has 0 N–H and O–H groups in total. The summed E-state index contributed by atoms with van der Waals surface area (Å²) >= 11 is 0. The molecule has 0 radical (unpaired) electrons. The Balaban J connectivity index is 2.78. The van der Waals surface area contributed by atoms with Crippen molar-refractivity contribution >= 4 is 5.91 Å². The van der Waals surface area contributed by atoms with Gasteiger partial charge in [0.25, 0.3) is 5.91 Å². The van der Waals surface area contributed by atoms with Crippen LogP contribution < -0.4 is 9.47 Å². The Labute approximate surface area is 153 Å². The number of benzene rings is 1. The summed E-state index contributed by atoms with van der Waals surface area (Å²) in [7, 11) is 3.20. The Hall–Kier alpha value is -1.71. The minimum atomic E-state index is 0.0916. The Morgan fingerprint density at radius 2 is 1.40 bits per heavy atom. The van der Waals surface area contributed by atoms with Gasteiger partial charge in [0.2, 0.25) is 0 Å². The summed E-state index contributed by atoms with van der Waals surface area (Å²) in [5.41, 5.74) is 0.670. The summed E-state index contributed by atoms with van der Waals surface area (Å²) in [5, 5.41) is 0. The predicted octanol–water partition coefficient (Wildman–Crippen LogP) is 5.31. The van der Waals surface area contributed by atoms with Gasteiger partial charge in [0.1, 0.15) is 0 Å². The summed E-state index contributed by atoms with van der Waals surface area (Å²) in [4.78, 5) is 15.0. The highest BCUT2D eigenvalue weighted by molar-refractivity contribution is 5.95. The zero-order chi connectivity index (χ0) is 18.5. The predicted molar refractivity (Wildman–Crippen MR) is 104 cm³/mol. The average Bonchev–Trinajstić information content (AvgIpc) is 2.65. The van der Waals surface area contributed by atoms with E-state index in [2.05, 4.69) is 13.8 Å². The van der Waals surface area contributed by atoms with E-state index >= 15 is 0 Å². The van der Waals surface area contributed by atoms with Crippen molar-refractivity contribution in [3.05, 3.63) is 23.8 Å². The van der Waals surface area contributed by atoms with Crippen LogP contribution in [0.1, 0.15) is 75.6 Å². The molecule has 0 aliphatic rings. The van der Waals surface area contributed by atoms with Crippen LogP contribution in [0.15, 0.2) is 18.2 Å². The molecule has 0 aromatic heterocycles. The first-order valence-corrected chi connectivity index (χ1v) is 9.69. The number of nitrogens with zero attached hydrogens (tertiary/aromatic N) is 1. The SMILES string of the molecule is CCCCCCN(CCCCCC)C(=O)c1ccc(OC)c(OC)c1. The average molecular weight is 350 g/mol. The lowest BCUT2D eigenvalue weighted by atomic mass is 10.1. The summed E-state index contributed by atoms with van der Waals surface area (Å²) in [6, 6.07) is 5.42. The molecule has 1 rings (SSSR count). The van der Waals surface area contributed by atoms with E-state index in [1.165, 1.54) is 38.5 Å². The smallest absolute Gasteiger partial charge is 0.253 e. The van der Waals surface area contributed by atoms with Crippen LogP contribution in [0, 0.1) is 0 Å². The van der Waals surface area contributed by atoms with Crippen LogP contribution in [0.3, 0.4) is 0 Å². The summed E-state index contributed by atoms with van der Waals surface area (Å²) in [6.45, 7) is 6.08. The fourth-order valence-electron chi connectivity index (χ4n) is 2.93. The van der Waals surface area contributed by atoms with Crippen molar-refractivity contribution in [2.75, 3.05) is 27.3 Å². The van der Waals surface area contributed by atoms with E-state index in [9.17, 15) is 4.79 Å². The molecule has 1 aromatic rings. The van der Waals surface area contributed by atoms with Gasteiger partial charge in [0.15, 0.2) is 11.5 Å². The third-order valence-electron chi connectivity index (χ3n) is 4.48. The van der Waals surface area contributed by atoms with Gasteiger partial charge in [-0.05, 0) is 31.0 Å². The van der Waals surface area contributed by atoms with E-state index in [0.29, 0.717) is 17.1 Å². The van der Waals surface area contributed by atoms with Gasteiger partial charge in [-0.2, -0.15) is 0 Å². The molecular weight excluding hydrogens is 314 g/mol. The van der Waals surface area contributed by atoms with Gasteiger partial charge >= 0.3 is 0 Å². The minimum Gasteiger partial charge on any atom is -0.493 e. The van der Waals surface area contributed by atoms with Crippen LogP contribution >= 0.6 is 0 Å². The summed E-state index contributed by atoms with van der Waals surface area (Å²) in [6.07, 6.45) is 9.38. The third-order valence-corrected chi connectivity index (χ3v) is 4.48. The number of methoxy groups -OCH3 is 2. The zero-order valence-electron chi connectivity index (χ0n) is 16.5. The number of rotatable bonds is 13. The standard InChI is InChI=1S/C21H35NO3/c1-5-7-9-11-15-22(16-12-10-8-6-2)21(23)18-13-14-19(24-3)20(17-18)25-4/h13-14,17H,5-12,15-16H2,1-4H3. The fraction of sp³-hybridized carbons (Fsp3) is 0.667. The summed E-state index contributed by atoms with van der Waals surface area (Å²) in [5.74, 6) is 1.34. The first-order chi connectivity index (χ1) is 12.2. The van der Waals surface area contributed by atoms with Crippen LogP contribution in [0.4, 0.5) is 0 Å². The number of hydrogen-bond acceptors (Lipinski definition) is 3. The monoisotopic (exact) mass is 349 g/mol. The van der Waals surface area contributed by atoms with E-state index in [1.807, 2.05) is 11.0 Å². The number of ether oxygens (including phenoxy) is 2. The summed E-state index contributed by atoms with van der Waals surface area (Å²) < 4.78 is 10.6. The molecule has 1 aromatic carbocycles. The molecule has 1 amide bonds. The molecule has 0 spiro atoms. The number of amides is 1. The fourth-order valence-corrected chi connectivity index (χ4v) is 2.93. The molecule has 0 unspecified atom stereocenters. The maximum absolute atomic E-state index is 13.0. The Morgan fingerprint density at radius 1 is 0.840 bits per heavy atom. The zero-order valence-corrected chi connectivity index (χ0v) is 16.5. The van der Waals surface area contributed by atoms with Crippen LogP contribution in [-0.4, -0.2) is 38.1 Å². The first kappa shape index (κ1) is 21.3. The largest absolute Gasteiger partial charge is 0.493 e. The molecular formula is C21H35NO3. The Morgan fingerprint density at radius 3 is 1.88 bits per heavy atom. The second-order valence-corrected chi connectivity index (χ2v) is 6.48. The highest BCUT2D eigenvalue weighted by Gasteiger charge is 2.17. The highest BCUT2D eigenvalue weighted by atomic mass is 16.5. The van der Waals surface area contributed by atoms with Crippen LogP contribution in [0.25, 0.3) is 0 Å². The second-order valence-electron chi connectivity index (χ2n) is 6.48. The van der Waals surface area contributed by atoms with Crippen molar-refractivity contribution in [2.24, 2.45) is 0 Å². The van der Waals surface area contributed by atoms with Crippen molar-refractivity contribution in [1.82, 2.24) is 4.90 Å². The molecule has 142 valence electrons. The number of unbranched alkanes of at least 4 members (excludes halogenated alkanes) is 6. The first-order valence-electron chi connectivity index (χ1n) is 9.69. The quantitative estimate of drug-likeness (QED) is 0.453. The lowest BCUT2D eigenvalue weighted by molar-refractivity contribution is 0.0749. The van der Waals surface area contributed by atoms with Crippen LogP contribution in [0.2, 0.25) is 0 Å². The molecule has 0 heterocycles. The molecule has 0 aliphatic carbocycles. The molecule has 0 saturated carbocycles. The van der Waals surface area contributed by atoms with Crippen molar-refractivity contribution < 1.29 is 14.3 Å². The van der Waals surface area contributed by atoms with E-state index in [4.69, 9.17) is 9.47 Å². The van der Waals surface area contributed by atoms with Gasteiger partial charge in [-0.1, -0.05) is 52.4 Å². The molecule has 0 fully saturated rings. The molecule has 0 bridgehead atoms.